The molecular formula is C18H19FN4O. The van der Waals surface area contributed by atoms with Crippen molar-refractivity contribution < 1.29 is 9.13 Å². The monoisotopic (exact) mass is 326 g/mol. The summed E-state index contributed by atoms with van der Waals surface area (Å²) < 4.78 is 20.4. The van der Waals surface area contributed by atoms with Crippen LogP contribution in [0.25, 0.3) is 16.9 Å². The van der Waals surface area contributed by atoms with Gasteiger partial charge in [0, 0.05) is 37.5 Å². The predicted molar refractivity (Wildman–Crippen MR) is 90.4 cm³/mol. The van der Waals surface area contributed by atoms with Gasteiger partial charge in [-0.25, -0.2) is 9.37 Å². The molecule has 1 fully saturated rings. The van der Waals surface area contributed by atoms with E-state index >= 15 is 0 Å². The summed E-state index contributed by atoms with van der Waals surface area (Å²) in [6.45, 7) is 2.59. The Kier molecular flexibility index (Phi) is 4.13. The molecule has 24 heavy (non-hydrogen) atoms. The van der Waals surface area contributed by atoms with Gasteiger partial charge in [0.2, 0.25) is 0 Å². The number of hydrogen-bond donors (Lipinski definition) is 1. The average molecular weight is 326 g/mol. The van der Waals surface area contributed by atoms with Gasteiger partial charge >= 0.3 is 0 Å². The zero-order valence-corrected chi connectivity index (χ0v) is 13.3. The third-order valence-electron chi connectivity index (χ3n) is 4.38. The van der Waals surface area contributed by atoms with Crippen LogP contribution < -0.4 is 5.32 Å². The fraction of sp³-hybridized carbons (Fsp3) is 0.333. The zero-order valence-electron chi connectivity index (χ0n) is 13.3. The van der Waals surface area contributed by atoms with Crippen molar-refractivity contribution in [3.05, 3.63) is 48.4 Å². The van der Waals surface area contributed by atoms with E-state index in [0.29, 0.717) is 5.92 Å². The third-order valence-corrected chi connectivity index (χ3v) is 4.38. The Labute approximate surface area is 139 Å². The number of nitrogens with zero attached hydrogens (tertiary/aromatic N) is 3. The molecule has 0 radical (unpaired) electrons. The number of halogens is 1. The molecule has 0 aliphatic carbocycles. The van der Waals surface area contributed by atoms with Gasteiger partial charge in [-0.1, -0.05) is 0 Å². The summed E-state index contributed by atoms with van der Waals surface area (Å²) in [7, 11) is 0. The Balaban J connectivity index is 1.58. The van der Waals surface area contributed by atoms with Crippen LogP contribution in [-0.4, -0.2) is 34.4 Å². The van der Waals surface area contributed by atoms with Crippen molar-refractivity contribution in [1.29, 1.82) is 0 Å². The smallest absolute Gasteiger partial charge is 0.157 e. The molecule has 6 heteroatoms. The molecule has 1 aliphatic heterocycles. The lowest BCUT2D eigenvalue weighted by atomic mass is 10.1. The largest absolute Gasteiger partial charge is 0.381 e. The van der Waals surface area contributed by atoms with Crippen LogP contribution >= 0.6 is 0 Å². The minimum Gasteiger partial charge on any atom is -0.381 e. The normalized spacial score (nSPS) is 17.5. The summed E-state index contributed by atoms with van der Waals surface area (Å²) in [6.07, 6.45) is 3.93. The lowest BCUT2D eigenvalue weighted by molar-refractivity contribution is 0.185. The molecule has 0 saturated carbocycles. The Hall–Kier alpha value is -2.47. The first-order valence-corrected chi connectivity index (χ1v) is 8.22. The van der Waals surface area contributed by atoms with Gasteiger partial charge in [-0.3, -0.25) is 0 Å². The van der Waals surface area contributed by atoms with Crippen molar-refractivity contribution >= 4 is 11.5 Å². The molecular weight excluding hydrogens is 307 g/mol. The Bertz CT molecular complexity index is 825. The van der Waals surface area contributed by atoms with Crippen LogP contribution in [0.4, 0.5) is 10.2 Å². The molecule has 4 rings (SSSR count). The Morgan fingerprint density at radius 3 is 2.92 bits per heavy atom. The highest BCUT2D eigenvalue weighted by molar-refractivity contribution is 5.66. The van der Waals surface area contributed by atoms with Gasteiger partial charge in [0.15, 0.2) is 5.65 Å². The zero-order chi connectivity index (χ0) is 16.4. The molecule has 0 spiro atoms. The molecule has 1 saturated heterocycles. The number of ether oxygens (including phenoxy) is 1. The second-order valence-electron chi connectivity index (χ2n) is 6.08. The second kappa shape index (κ2) is 6.57. The molecule has 1 aromatic carbocycles. The topological polar surface area (TPSA) is 51.5 Å². The van der Waals surface area contributed by atoms with E-state index in [0.717, 1.165) is 55.3 Å². The molecule has 5 nitrogen and oxygen atoms in total. The number of rotatable bonds is 5. The lowest BCUT2D eigenvalue weighted by Crippen LogP contribution is -2.12. The van der Waals surface area contributed by atoms with Crippen LogP contribution in [0.1, 0.15) is 12.8 Å². The Morgan fingerprint density at radius 2 is 2.12 bits per heavy atom. The summed E-state index contributed by atoms with van der Waals surface area (Å²) in [5.74, 6) is 1.27. The molecule has 0 unspecified atom stereocenters. The van der Waals surface area contributed by atoms with Gasteiger partial charge in [-0.2, -0.15) is 9.61 Å². The summed E-state index contributed by atoms with van der Waals surface area (Å²) in [4.78, 5) is 4.60. The number of anilines is 1. The van der Waals surface area contributed by atoms with E-state index in [2.05, 4.69) is 15.4 Å². The van der Waals surface area contributed by atoms with Crippen molar-refractivity contribution in [3.8, 4) is 11.3 Å². The molecule has 0 bridgehead atoms. The van der Waals surface area contributed by atoms with Crippen molar-refractivity contribution in [3.63, 3.8) is 0 Å². The minimum atomic E-state index is -0.249. The van der Waals surface area contributed by atoms with E-state index in [1.165, 1.54) is 12.1 Å². The fourth-order valence-electron chi connectivity index (χ4n) is 3.02. The van der Waals surface area contributed by atoms with Crippen LogP contribution in [0.2, 0.25) is 0 Å². The number of nitrogens with one attached hydrogen (secondary N) is 1. The van der Waals surface area contributed by atoms with Gasteiger partial charge in [0.25, 0.3) is 0 Å². The third kappa shape index (κ3) is 3.10. The van der Waals surface area contributed by atoms with Gasteiger partial charge in [-0.05, 0) is 43.0 Å². The number of fused-ring (bicyclic) bond motifs is 1. The van der Waals surface area contributed by atoms with Crippen LogP contribution in [-0.2, 0) is 4.74 Å². The van der Waals surface area contributed by atoms with E-state index in [1.54, 1.807) is 22.8 Å². The van der Waals surface area contributed by atoms with Crippen molar-refractivity contribution in [1.82, 2.24) is 14.6 Å². The van der Waals surface area contributed by atoms with Gasteiger partial charge in [-0.15, -0.1) is 0 Å². The standard InChI is InChI=1S/C18H19FN4O/c19-15-3-1-14(2-4-15)16-11-18(23-17(22-16)6-9-21-23)20-8-5-13-7-10-24-12-13/h1-4,6,9,11,13,20H,5,7-8,10,12H2/t13-/m0/s1. The maximum atomic E-state index is 13.1. The highest BCUT2D eigenvalue weighted by Gasteiger charge is 2.15. The quantitative estimate of drug-likeness (QED) is 0.781. The van der Waals surface area contributed by atoms with Crippen LogP contribution in [0.15, 0.2) is 42.6 Å². The minimum absolute atomic E-state index is 0.249. The van der Waals surface area contributed by atoms with Crippen LogP contribution in [0.3, 0.4) is 0 Å². The summed E-state index contributed by atoms with van der Waals surface area (Å²) in [5.41, 5.74) is 2.45. The van der Waals surface area contributed by atoms with Crippen molar-refractivity contribution in [2.24, 2.45) is 5.92 Å². The SMILES string of the molecule is Fc1ccc(-c2cc(NCC[C@H]3CCOC3)n3nccc3n2)cc1. The van der Waals surface area contributed by atoms with Crippen LogP contribution in [0.5, 0.6) is 0 Å². The average Bonchev–Trinajstić information content (AvgIpc) is 3.26. The first kappa shape index (κ1) is 15.1. The van der Waals surface area contributed by atoms with Crippen molar-refractivity contribution in [2.75, 3.05) is 25.1 Å². The number of aromatic nitrogens is 3. The second-order valence-corrected chi connectivity index (χ2v) is 6.08. The highest BCUT2D eigenvalue weighted by Crippen LogP contribution is 2.23. The fourth-order valence-corrected chi connectivity index (χ4v) is 3.02. The maximum absolute atomic E-state index is 13.1. The van der Waals surface area contributed by atoms with E-state index < -0.39 is 0 Å². The van der Waals surface area contributed by atoms with Crippen molar-refractivity contribution in [2.45, 2.75) is 12.8 Å². The van der Waals surface area contributed by atoms with E-state index in [9.17, 15) is 4.39 Å². The molecule has 1 aliphatic rings. The van der Waals surface area contributed by atoms with Gasteiger partial charge < -0.3 is 10.1 Å². The van der Waals surface area contributed by atoms with Crippen LogP contribution in [0, 0.1) is 11.7 Å². The summed E-state index contributed by atoms with van der Waals surface area (Å²) in [5, 5.41) is 7.78. The molecule has 1 atom stereocenters. The Morgan fingerprint density at radius 1 is 1.25 bits per heavy atom. The highest BCUT2D eigenvalue weighted by atomic mass is 19.1. The van der Waals surface area contributed by atoms with E-state index in [1.807, 2.05) is 12.1 Å². The maximum Gasteiger partial charge on any atom is 0.157 e. The number of hydrogen-bond acceptors (Lipinski definition) is 4. The first-order valence-electron chi connectivity index (χ1n) is 8.22. The van der Waals surface area contributed by atoms with E-state index in [-0.39, 0.29) is 5.82 Å². The van der Waals surface area contributed by atoms with Gasteiger partial charge in [0.1, 0.15) is 11.6 Å². The molecule has 3 heterocycles. The van der Waals surface area contributed by atoms with Gasteiger partial charge in [0.05, 0.1) is 11.9 Å². The lowest BCUT2D eigenvalue weighted by Gasteiger charge is -2.12. The molecule has 2 aromatic heterocycles. The predicted octanol–water partition coefficient (Wildman–Crippen LogP) is 3.37. The first-order chi connectivity index (χ1) is 11.8. The molecule has 3 aromatic rings. The molecule has 1 N–H and O–H groups in total. The molecule has 0 amide bonds. The summed E-state index contributed by atoms with van der Waals surface area (Å²) in [6, 6.07) is 10.2. The summed E-state index contributed by atoms with van der Waals surface area (Å²) >= 11 is 0. The number of benzene rings is 1. The molecule has 124 valence electrons. The van der Waals surface area contributed by atoms with E-state index in [4.69, 9.17) is 4.74 Å².